The van der Waals surface area contributed by atoms with Crippen molar-refractivity contribution in [3.8, 4) is 0 Å². The fraction of sp³-hybridized carbons (Fsp3) is 0.417. The van der Waals surface area contributed by atoms with Crippen molar-refractivity contribution in [1.29, 1.82) is 0 Å². The van der Waals surface area contributed by atoms with Crippen molar-refractivity contribution in [2.75, 3.05) is 0 Å². The first-order valence-electron chi connectivity index (χ1n) is 4.80. The SMILES string of the molecule is CC1(C)CC1C(=O)c1ccc(Br)cc1. The number of hydrogen-bond acceptors (Lipinski definition) is 1. The second-order valence-electron chi connectivity index (χ2n) is 4.62. The zero-order valence-electron chi connectivity index (χ0n) is 8.38. The van der Waals surface area contributed by atoms with Gasteiger partial charge in [0, 0.05) is 16.0 Å². The van der Waals surface area contributed by atoms with Crippen molar-refractivity contribution in [3.63, 3.8) is 0 Å². The molecule has 0 spiro atoms. The van der Waals surface area contributed by atoms with E-state index in [4.69, 9.17) is 0 Å². The molecule has 0 radical (unpaired) electrons. The molecule has 2 rings (SSSR count). The van der Waals surface area contributed by atoms with E-state index in [2.05, 4.69) is 29.8 Å². The van der Waals surface area contributed by atoms with Gasteiger partial charge in [0.05, 0.1) is 0 Å². The van der Waals surface area contributed by atoms with Crippen molar-refractivity contribution in [2.45, 2.75) is 20.3 Å². The number of halogens is 1. The van der Waals surface area contributed by atoms with Gasteiger partial charge < -0.3 is 0 Å². The predicted octanol–water partition coefficient (Wildman–Crippen LogP) is 3.68. The molecule has 1 aromatic carbocycles. The van der Waals surface area contributed by atoms with Crippen molar-refractivity contribution >= 4 is 21.7 Å². The molecule has 0 aromatic heterocycles. The summed E-state index contributed by atoms with van der Waals surface area (Å²) in [5.41, 5.74) is 1.06. The third kappa shape index (κ3) is 1.76. The summed E-state index contributed by atoms with van der Waals surface area (Å²) in [7, 11) is 0. The topological polar surface area (TPSA) is 17.1 Å². The lowest BCUT2D eigenvalue weighted by Gasteiger charge is -2.02. The van der Waals surface area contributed by atoms with Gasteiger partial charge in [-0.15, -0.1) is 0 Å². The molecule has 1 atom stereocenters. The van der Waals surface area contributed by atoms with Crippen LogP contribution in [0.1, 0.15) is 30.6 Å². The molecule has 1 unspecified atom stereocenters. The molecule has 0 saturated heterocycles. The Kier molecular flexibility index (Phi) is 2.26. The summed E-state index contributed by atoms with van der Waals surface area (Å²) < 4.78 is 1.02. The van der Waals surface area contributed by atoms with Crippen LogP contribution in [0.2, 0.25) is 0 Å². The molecule has 1 fully saturated rings. The van der Waals surface area contributed by atoms with E-state index >= 15 is 0 Å². The molecule has 1 aromatic rings. The number of carbonyl (C=O) groups is 1. The largest absolute Gasteiger partial charge is 0.294 e. The standard InChI is InChI=1S/C12H13BrO/c1-12(2)7-10(12)11(14)8-3-5-9(13)6-4-8/h3-6,10H,7H2,1-2H3. The van der Waals surface area contributed by atoms with E-state index in [9.17, 15) is 4.79 Å². The van der Waals surface area contributed by atoms with Crippen molar-refractivity contribution in [1.82, 2.24) is 0 Å². The van der Waals surface area contributed by atoms with E-state index in [0.29, 0.717) is 5.78 Å². The number of Topliss-reactive ketones (excluding diaryl/α,β-unsaturated/α-hetero) is 1. The summed E-state index contributed by atoms with van der Waals surface area (Å²) in [5, 5.41) is 0. The first-order valence-corrected chi connectivity index (χ1v) is 5.60. The average Bonchev–Trinajstić information content (AvgIpc) is 2.75. The molecular weight excluding hydrogens is 240 g/mol. The van der Waals surface area contributed by atoms with Gasteiger partial charge in [0.15, 0.2) is 5.78 Å². The number of ketones is 1. The Morgan fingerprint density at radius 3 is 2.29 bits per heavy atom. The molecule has 1 aliphatic carbocycles. The van der Waals surface area contributed by atoms with Gasteiger partial charge in [-0.1, -0.05) is 41.9 Å². The molecule has 14 heavy (non-hydrogen) atoms. The molecule has 1 nitrogen and oxygen atoms in total. The summed E-state index contributed by atoms with van der Waals surface area (Å²) in [6.07, 6.45) is 1.03. The maximum absolute atomic E-state index is 11.9. The average molecular weight is 253 g/mol. The van der Waals surface area contributed by atoms with Crippen LogP contribution in [0.3, 0.4) is 0 Å². The zero-order valence-corrected chi connectivity index (χ0v) is 9.97. The van der Waals surface area contributed by atoms with Gasteiger partial charge >= 0.3 is 0 Å². The fourth-order valence-electron chi connectivity index (χ4n) is 1.73. The van der Waals surface area contributed by atoms with Gasteiger partial charge in [-0.3, -0.25) is 4.79 Å². The minimum absolute atomic E-state index is 0.226. The van der Waals surface area contributed by atoms with Gasteiger partial charge in [-0.05, 0) is 24.0 Å². The summed E-state index contributed by atoms with van der Waals surface area (Å²) in [4.78, 5) is 11.9. The van der Waals surface area contributed by atoms with Crippen molar-refractivity contribution in [2.24, 2.45) is 11.3 Å². The second kappa shape index (κ2) is 3.20. The predicted molar refractivity (Wildman–Crippen MR) is 60.4 cm³/mol. The summed E-state index contributed by atoms with van der Waals surface area (Å²) >= 11 is 3.36. The molecule has 0 bridgehead atoms. The maximum atomic E-state index is 11.9. The van der Waals surface area contributed by atoms with E-state index in [-0.39, 0.29) is 11.3 Å². The van der Waals surface area contributed by atoms with E-state index in [1.54, 1.807) is 0 Å². The van der Waals surface area contributed by atoms with E-state index in [1.807, 2.05) is 24.3 Å². The number of rotatable bonds is 2. The van der Waals surface area contributed by atoms with Crippen molar-refractivity contribution in [3.05, 3.63) is 34.3 Å². The molecule has 2 heteroatoms. The van der Waals surface area contributed by atoms with Crippen LogP contribution in [0.25, 0.3) is 0 Å². The molecule has 74 valence electrons. The highest BCUT2D eigenvalue weighted by Gasteiger charge is 2.50. The van der Waals surface area contributed by atoms with Crippen LogP contribution in [0.5, 0.6) is 0 Å². The van der Waals surface area contributed by atoms with Crippen molar-refractivity contribution < 1.29 is 4.79 Å². The summed E-state index contributed by atoms with van der Waals surface area (Å²) in [6, 6.07) is 7.62. The molecule has 0 N–H and O–H groups in total. The van der Waals surface area contributed by atoms with Gasteiger partial charge in [0.25, 0.3) is 0 Å². The third-order valence-electron chi connectivity index (χ3n) is 2.96. The molecule has 0 aliphatic heterocycles. The van der Waals surface area contributed by atoms with Crippen LogP contribution in [-0.4, -0.2) is 5.78 Å². The summed E-state index contributed by atoms with van der Waals surface area (Å²) in [5.74, 6) is 0.533. The highest BCUT2D eigenvalue weighted by atomic mass is 79.9. The summed E-state index contributed by atoms with van der Waals surface area (Å²) in [6.45, 7) is 4.29. The van der Waals surface area contributed by atoms with E-state index in [0.717, 1.165) is 16.5 Å². The zero-order chi connectivity index (χ0) is 10.3. The Morgan fingerprint density at radius 2 is 1.86 bits per heavy atom. The highest BCUT2D eigenvalue weighted by molar-refractivity contribution is 9.10. The Labute approximate surface area is 92.6 Å². The lowest BCUT2D eigenvalue weighted by molar-refractivity contribution is 0.0953. The van der Waals surface area contributed by atoms with Crippen LogP contribution >= 0.6 is 15.9 Å². The van der Waals surface area contributed by atoms with Gasteiger partial charge in [0.1, 0.15) is 0 Å². The van der Waals surface area contributed by atoms with Crippen LogP contribution < -0.4 is 0 Å². The monoisotopic (exact) mass is 252 g/mol. The minimum atomic E-state index is 0.226. The van der Waals surface area contributed by atoms with Crippen LogP contribution in [-0.2, 0) is 0 Å². The van der Waals surface area contributed by atoms with Gasteiger partial charge in [0.2, 0.25) is 0 Å². The Bertz CT molecular complexity index is 364. The third-order valence-corrected chi connectivity index (χ3v) is 3.49. The maximum Gasteiger partial charge on any atom is 0.166 e. The van der Waals surface area contributed by atoms with E-state index < -0.39 is 0 Å². The molecule has 0 amide bonds. The Hall–Kier alpha value is -0.630. The molecule has 1 aliphatic rings. The Morgan fingerprint density at radius 1 is 1.36 bits per heavy atom. The molecule has 1 saturated carbocycles. The molecular formula is C12H13BrO. The second-order valence-corrected chi connectivity index (χ2v) is 5.53. The van der Waals surface area contributed by atoms with Crippen LogP contribution in [0, 0.1) is 11.3 Å². The number of hydrogen-bond donors (Lipinski definition) is 0. The highest BCUT2D eigenvalue weighted by Crippen LogP contribution is 2.53. The van der Waals surface area contributed by atoms with Gasteiger partial charge in [-0.2, -0.15) is 0 Å². The lowest BCUT2D eigenvalue weighted by Crippen LogP contribution is -2.05. The first kappa shape index (κ1) is 9.91. The lowest BCUT2D eigenvalue weighted by atomic mass is 10.0. The van der Waals surface area contributed by atoms with Crippen LogP contribution in [0.4, 0.5) is 0 Å². The number of benzene rings is 1. The van der Waals surface area contributed by atoms with Crippen LogP contribution in [0.15, 0.2) is 28.7 Å². The van der Waals surface area contributed by atoms with E-state index in [1.165, 1.54) is 0 Å². The molecule has 0 heterocycles. The fourth-order valence-corrected chi connectivity index (χ4v) is 1.99. The normalized spacial score (nSPS) is 23.2. The first-order chi connectivity index (χ1) is 6.50. The smallest absolute Gasteiger partial charge is 0.166 e. The quantitative estimate of drug-likeness (QED) is 0.735. The van der Waals surface area contributed by atoms with Gasteiger partial charge in [-0.25, -0.2) is 0 Å². The minimum Gasteiger partial charge on any atom is -0.294 e. The number of carbonyl (C=O) groups excluding carboxylic acids is 1. The Balaban J connectivity index is 2.17.